The molecule has 0 radical (unpaired) electrons. The first-order valence-electron chi connectivity index (χ1n) is 12.2. The van der Waals surface area contributed by atoms with Crippen LogP contribution >= 0.6 is 0 Å². The van der Waals surface area contributed by atoms with E-state index >= 15 is 0 Å². The molecule has 0 unspecified atom stereocenters. The molecule has 1 aliphatic heterocycles. The molecule has 1 aliphatic rings. The van der Waals surface area contributed by atoms with Gasteiger partial charge in [0.1, 0.15) is 6.61 Å². The van der Waals surface area contributed by atoms with Gasteiger partial charge in [0.05, 0.1) is 11.6 Å². The fraction of sp³-hybridized carbons (Fsp3) is 0.357. The number of halogens is 1. The van der Waals surface area contributed by atoms with Gasteiger partial charge in [0.25, 0.3) is 0 Å². The fourth-order valence-corrected chi connectivity index (χ4v) is 4.60. The highest BCUT2D eigenvalue weighted by Gasteiger charge is 2.28. The molecule has 1 N–H and O–H groups in total. The van der Waals surface area contributed by atoms with E-state index in [0.717, 1.165) is 53.0 Å². The number of likely N-dealkylation sites (tertiary alicyclic amines) is 1. The highest BCUT2D eigenvalue weighted by atomic mass is 19.1. The number of aliphatic carboxylic acids is 1. The summed E-state index contributed by atoms with van der Waals surface area (Å²) in [6, 6.07) is 12.2. The van der Waals surface area contributed by atoms with Gasteiger partial charge in [-0.15, -0.1) is 0 Å². The summed E-state index contributed by atoms with van der Waals surface area (Å²) >= 11 is 0. The summed E-state index contributed by atoms with van der Waals surface area (Å²) < 4.78 is 13.0. The molecule has 188 valence electrons. The van der Waals surface area contributed by atoms with Gasteiger partial charge >= 0.3 is 12.0 Å². The van der Waals surface area contributed by atoms with Crippen LogP contribution in [0.5, 0.6) is 0 Å². The first-order chi connectivity index (χ1) is 17.3. The molecular weight excluding hydrogens is 459 g/mol. The molecule has 1 aromatic heterocycles. The number of rotatable bonds is 9. The van der Waals surface area contributed by atoms with Crippen LogP contribution in [0.3, 0.4) is 0 Å². The largest absolute Gasteiger partial charge is 0.481 e. The van der Waals surface area contributed by atoms with E-state index in [1.54, 1.807) is 0 Å². The molecule has 0 saturated carbocycles. The predicted molar refractivity (Wildman–Crippen MR) is 136 cm³/mol. The number of nitrogens with zero attached hydrogens (tertiary/aromatic N) is 4. The van der Waals surface area contributed by atoms with Gasteiger partial charge in [0.15, 0.2) is 0 Å². The Balaban J connectivity index is 1.38. The number of carboxylic acids is 1. The number of hydrogen-bond acceptors (Lipinski definition) is 6. The van der Waals surface area contributed by atoms with E-state index in [1.165, 1.54) is 23.5 Å². The molecule has 1 fully saturated rings. The number of carbonyl (C=O) groups is 1. The summed E-state index contributed by atoms with van der Waals surface area (Å²) in [4.78, 5) is 26.4. The maximum atomic E-state index is 13.0. The smallest absolute Gasteiger partial charge is 0.308 e. The van der Waals surface area contributed by atoms with E-state index in [0.29, 0.717) is 19.6 Å². The van der Waals surface area contributed by atoms with Crippen molar-refractivity contribution >= 4 is 11.7 Å². The van der Waals surface area contributed by atoms with Gasteiger partial charge in [0, 0.05) is 31.0 Å². The van der Waals surface area contributed by atoms with Crippen LogP contribution in [0.4, 0.5) is 4.39 Å². The van der Waals surface area contributed by atoms with Crippen LogP contribution in [0.2, 0.25) is 0 Å². The molecule has 7 nitrogen and oxygen atoms in total. The maximum absolute atomic E-state index is 13.0. The van der Waals surface area contributed by atoms with E-state index in [9.17, 15) is 14.3 Å². The Hall–Kier alpha value is -3.65. The lowest BCUT2D eigenvalue weighted by Crippen LogP contribution is -2.23. The van der Waals surface area contributed by atoms with Gasteiger partial charge in [-0.05, 0) is 72.7 Å². The monoisotopic (exact) mass is 490 g/mol. The van der Waals surface area contributed by atoms with Crippen LogP contribution in [0, 0.1) is 18.9 Å². The van der Waals surface area contributed by atoms with Crippen molar-refractivity contribution < 1.29 is 19.1 Å². The van der Waals surface area contributed by atoms with Gasteiger partial charge in [-0.2, -0.15) is 4.39 Å². The quantitative estimate of drug-likeness (QED) is 0.258. The fourth-order valence-electron chi connectivity index (χ4n) is 4.60. The van der Waals surface area contributed by atoms with Crippen molar-refractivity contribution in [3.05, 3.63) is 82.7 Å². The normalized spacial score (nSPS) is 16.3. The van der Waals surface area contributed by atoms with Crippen molar-refractivity contribution in [2.75, 3.05) is 13.1 Å². The third kappa shape index (κ3) is 6.12. The third-order valence-electron chi connectivity index (χ3n) is 6.68. The minimum Gasteiger partial charge on any atom is -0.481 e. The van der Waals surface area contributed by atoms with Gasteiger partial charge in [-0.1, -0.05) is 42.4 Å². The first-order valence-corrected chi connectivity index (χ1v) is 12.2. The molecule has 3 aromatic rings. The molecule has 2 aromatic carbocycles. The van der Waals surface area contributed by atoms with E-state index in [-0.39, 0.29) is 5.92 Å². The SMILES string of the molecule is CCc1cc(/C(C)=N/OCc2ccc(-c3cnc(F)nc3)c(C)c2)ccc1CN1CC[C@H](C(=O)O)C1. The van der Waals surface area contributed by atoms with Crippen molar-refractivity contribution in [2.24, 2.45) is 11.1 Å². The topological polar surface area (TPSA) is 87.9 Å². The van der Waals surface area contributed by atoms with Gasteiger partial charge in [-0.25, -0.2) is 9.97 Å². The maximum Gasteiger partial charge on any atom is 0.308 e. The minimum absolute atomic E-state index is 0.266. The summed E-state index contributed by atoms with van der Waals surface area (Å²) in [7, 11) is 0. The number of carboxylic acid groups (broad SMARTS) is 1. The molecule has 1 atom stereocenters. The zero-order valence-corrected chi connectivity index (χ0v) is 20.9. The molecule has 1 saturated heterocycles. The molecule has 2 heterocycles. The second-order valence-corrected chi connectivity index (χ2v) is 9.24. The average Bonchev–Trinajstić information content (AvgIpc) is 3.34. The standard InChI is InChI=1S/C28H31FN4O3/c1-4-21-12-22(6-7-23(21)15-33-10-9-24(16-33)27(34)35)19(3)32-36-17-20-5-8-26(18(2)11-20)25-13-30-28(29)31-14-25/h5-8,11-14,24H,4,9-10,15-17H2,1-3H3,(H,34,35)/b32-19+/t24-/m0/s1. The average molecular weight is 491 g/mol. The summed E-state index contributed by atoms with van der Waals surface area (Å²) in [6.45, 7) is 8.54. The van der Waals surface area contributed by atoms with Crippen LogP contribution in [-0.2, 0) is 29.2 Å². The van der Waals surface area contributed by atoms with Crippen LogP contribution in [0.25, 0.3) is 11.1 Å². The van der Waals surface area contributed by atoms with Crippen molar-refractivity contribution in [2.45, 2.75) is 46.8 Å². The van der Waals surface area contributed by atoms with Crippen molar-refractivity contribution in [3.8, 4) is 11.1 Å². The second-order valence-electron chi connectivity index (χ2n) is 9.24. The van der Waals surface area contributed by atoms with Crippen molar-refractivity contribution in [1.29, 1.82) is 0 Å². The number of aromatic nitrogens is 2. The number of benzene rings is 2. The Morgan fingerprint density at radius 3 is 2.64 bits per heavy atom. The lowest BCUT2D eigenvalue weighted by molar-refractivity contribution is -0.141. The molecule has 0 aliphatic carbocycles. The Morgan fingerprint density at radius 2 is 1.97 bits per heavy atom. The number of oxime groups is 1. The Bertz CT molecular complexity index is 1260. The summed E-state index contributed by atoms with van der Waals surface area (Å²) in [5, 5.41) is 13.6. The zero-order valence-electron chi connectivity index (χ0n) is 20.9. The van der Waals surface area contributed by atoms with E-state index in [4.69, 9.17) is 4.84 Å². The van der Waals surface area contributed by atoms with E-state index in [2.05, 4.69) is 39.1 Å². The van der Waals surface area contributed by atoms with Gasteiger partial charge in [0.2, 0.25) is 0 Å². The van der Waals surface area contributed by atoms with Crippen LogP contribution < -0.4 is 0 Å². The highest BCUT2D eigenvalue weighted by molar-refractivity contribution is 5.98. The summed E-state index contributed by atoms with van der Waals surface area (Å²) in [5.74, 6) is -0.971. The molecule has 0 spiro atoms. The van der Waals surface area contributed by atoms with Crippen LogP contribution in [0.1, 0.15) is 48.1 Å². The Morgan fingerprint density at radius 1 is 1.19 bits per heavy atom. The molecule has 0 amide bonds. The second kappa shape index (κ2) is 11.4. The van der Waals surface area contributed by atoms with Crippen molar-refractivity contribution in [1.82, 2.24) is 14.9 Å². The first kappa shape index (κ1) is 25.4. The van der Waals surface area contributed by atoms with Crippen molar-refractivity contribution in [3.63, 3.8) is 0 Å². The summed E-state index contributed by atoms with van der Waals surface area (Å²) in [5.41, 5.74) is 7.95. The Kier molecular flexibility index (Phi) is 8.05. The van der Waals surface area contributed by atoms with Crippen LogP contribution in [0.15, 0.2) is 53.9 Å². The minimum atomic E-state index is -0.740. The summed E-state index contributed by atoms with van der Waals surface area (Å²) in [6.07, 6.45) is 3.81. The van der Waals surface area contributed by atoms with Gasteiger partial charge in [-0.3, -0.25) is 9.69 Å². The third-order valence-corrected chi connectivity index (χ3v) is 6.68. The molecule has 8 heteroatoms. The Labute approximate surface area is 210 Å². The molecular formula is C28H31FN4O3. The molecule has 36 heavy (non-hydrogen) atoms. The van der Waals surface area contributed by atoms with Gasteiger partial charge < -0.3 is 9.94 Å². The molecule has 0 bridgehead atoms. The highest BCUT2D eigenvalue weighted by Crippen LogP contribution is 2.24. The predicted octanol–water partition coefficient (Wildman–Crippen LogP) is 5.00. The number of aryl methyl sites for hydroxylation is 2. The lowest BCUT2D eigenvalue weighted by Gasteiger charge is -2.18. The molecule has 4 rings (SSSR count). The zero-order chi connectivity index (χ0) is 25.7. The van der Waals surface area contributed by atoms with E-state index in [1.807, 2.05) is 38.1 Å². The van der Waals surface area contributed by atoms with Crippen LogP contribution in [-0.4, -0.2) is 44.7 Å². The number of hydrogen-bond donors (Lipinski definition) is 1. The van der Waals surface area contributed by atoms with E-state index < -0.39 is 12.0 Å². The lowest BCUT2D eigenvalue weighted by atomic mass is 9.99.